The predicted molar refractivity (Wildman–Crippen MR) is 76.1 cm³/mol. The minimum absolute atomic E-state index is 0.107. The van der Waals surface area contributed by atoms with Gasteiger partial charge in [-0.2, -0.15) is 0 Å². The van der Waals surface area contributed by atoms with Gasteiger partial charge in [-0.1, -0.05) is 18.2 Å². The molecule has 1 amide bonds. The first kappa shape index (κ1) is 12.3. The Bertz CT molecular complexity index is 643. The first-order valence-corrected chi connectivity index (χ1v) is 6.32. The lowest BCUT2D eigenvalue weighted by atomic mass is 10.2. The molecule has 1 aliphatic rings. The molecule has 0 saturated heterocycles. The minimum Gasteiger partial charge on any atom is -0.508 e. The molecule has 2 aromatic carbocycles. The van der Waals surface area contributed by atoms with Gasteiger partial charge < -0.3 is 20.5 Å². The summed E-state index contributed by atoms with van der Waals surface area (Å²) >= 11 is 0. The number of nitrogens with one attached hydrogen (secondary N) is 2. The zero-order valence-corrected chi connectivity index (χ0v) is 10.7. The molecule has 3 N–H and O–H groups in total. The summed E-state index contributed by atoms with van der Waals surface area (Å²) < 4.78 is 5.66. The number of benzene rings is 2. The molecule has 1 atom stereocenters. The zero-order valence-electron chi connectivity index (χ0n) is 10.7. The van der Waals surface area contributed by atoms with Crippen LogP contribution in [-0.4, -0.2) is 23.7 Å². The molecule has 3 rings (SSSR count). The van der Waals surface area contributed by atoms with Crippen molar-refractivity contribution in [2.24, 2.45) is 0 Å². The van der Waals surface area contributed by atoms with Crippen molar-refractivity contribution >= 4 is 17.3 Å². The van der Waals surface area contributed by atoms with E-state index in [0.717, 1.165) is 5.69 Å². The second-order valence-corrected chi connectivity index (χ2v) is 4.52. The van der Waals surface area contributed by atoms with E-state index in [1.807, 2.05) is 24.3 Å². The van der Waals surface area contributed by atoms with Gasteiger partial charge >= 0.3 is 0 Å². The second-order valence-electron chi connectivity index (χ2n) is 4.52. The molecule has 0 saturated carbocycles. The van der Waals surface area contributed by atoms with Crippen molar-refractivity contribution in [2.75, 3.05) is 17.2 Å². The topological polar surface area (TPSA) is 70.6 Å². The Morgan fingerprint density at radius 2 is 2.10 bits per heavy atom. The third-order valence-electron chi connectivity index (χ3n) is 3.04. The van der Waals surface area contributed by atoms with Crippen LogP contribution in [0.4, 0.5) is 11.4 Å². The lowest BCUT2D eigenvalue weighted by molar-refractivity contribution is -0.122. The van der Waals surface area contributed by atoms with Crippen LogP contribution in [-0.2, 0) is 4.79 Å². The molecular formula is C15H14N2O3. The Kier molecular flexibility index (Phi) is 3.16. The number of phenols is 1. The van der Waals surface area contributed by atoms with Gasteiger partial charge in [-0.15, -0.1) is 0 Å². The van der Waals surface area contributed by atoms with Crippen LogP contribution in [0.2, 0.25) is 0 Å². The predicted octanol–water partition coefficient (Wildman–Crippen LogP) is 2.20. The summed E-state index contributed by atoms with van der Waals surface area (Å²) in [5, 5.41) is 15.2. The van der Waals surface area contributed by atoms with Crippen molar-refractivity contribution in [3.8, 4) is 11.5 Å². The molecule has 2 aromatic rings. The minimum atomic E-state index is -0.604. The summed E-state index contributed by atoms with van der Waals surface area (Å²) in [6.07, 6.45) is -0.604. The van der Waals surface area contributed by atoms with Gasteiger partial charge in [0.25, 0.3) is 5.91 Å². The molecule has 0 spiro atoms. The van der Waals surface area contributed by atoms with Crippen LogP contribution in [0.3, 0.4) is 0 Å². The number of carbonyl (C=O) groups is 1. The monoisotopic (exact) mass is 270 g/mol. The Morgan fingerprint density at radius 3 is 2.95 bits per heavy atom. The van der Waals surface area contributed by atoms with Crippen molar-refractivity contribution < 1.29 is 14.6 Å². The van der Waals surface area contributed by atoms with E-state index in [1.165, 1.54) is 6.07 Å². The molecule has 102 valence electrons. The first-order chi connectivity index (χ1) is 9.72. The summed E-state index contributed by atoms with van der Waals surface area (Å²) in [6.45, 7) is 0.404. The Morgan fingerprint density at radius 1 is 1.25 bits per heavy atom. The highest BCUT2D eigenvalue weighted by Crippen LogP contribution is 2.28. The number of hydrogen-bond donors (Lipinski definition) is 3. The van der Waals surface area contributed by atoms with Gasteiger partial charge in [0.15, 0.2) is 6.10 Å². The third kappa shape index (κ3) is 2.51. The zero-order chi connectivity index (χ0) is 13.9. The summed E-state index contributed by atoms with van der Waals surface area (Å²) in [4.78, 5) is 12.1. The molecule has 0 aliphatic carbocycles. The molecule has 0 fully saturated rings. The quantitative estimate of drug-likeness (QED) is 0.782. The normalized spacial score (nSPS) is 16.5. The van der Waals surface area contributed by atoms with Crippen LogP contribution >= 0.6 is 0 Å². The molecular weight excluding hydrogens is 256 g/mol. The smallest absolute Gasteiger partial charge is 0.267 e. The van der Waals surface area contributed by atoms with E-state index in [9.17, 15) is 9.90 Å². The number of amides is 1. The van der Waals surface area contributed by atoms with E-state index in [4.69, 9.17) is 4.74 Å². The van der Waals surface area contributed by atoms with Gasteiger partial charge in [-0.05, 0) is 24.3 Å². The van der Waals surface area contributed by atoms with Gasteiger partial charge in [0, 0.05) is 11.8 Å². The third-order valence-corrected chi connectivity index (χ3v) is 3.04. The Balaban J connectivity index is 1.70. The van der Waals surface area contributed by atoms with E-state index in [1.54, 1.807) is 18.2 Å². The molecule has 0 aromatic heterocycles. The molecule has 1 unspecified atom stereocenters. The van der Waals surface area contributed by atoms with Crippen LogP contribution in [0.25, 0.3) is 0 Å². The largest absolute Gasteiger partial charge is 0.508 e. The lowest BCUT2D eigenvalue weighted by Gasteiger charge is -2.26. The molecule has 1 aliphatic heterocycles. The van der Waals surface area contributed by atoms with Crippen molar-refractivity contribution in [3.05, 3.63) is 48.5 Å². The average molecular weight is 270 g/mol. The molecule has 0 radical (unpaired) electrons. The number of anilines is 2. The van der Waals surface area contributed by atoms with Crippen molar-refractivity contribution in [2.45, 2.75) is 6.10 Å². The fraction of sp³-hybridized carbons (Fsp3) is 0.133. The van der Waals surface area contributed by atoms with Crippen LogP contribution < -0.4 is 15.4 Å². The summed E-state index contributed by atoms with van der Waals surface area (Å²) in [5.74, 6) is 0.517. The van der Waals surface area contributed by atoms with Gasteiger partial charge in [0.05, 0.1) is 12.2 Å². The Labute approximate surface area is 116 Å². The number of carbonyl (C=O) groups excluding carboxylic acids is 1. The molecule has 5 heteroatoms. The average Bonchev–Trinajstić information content (AvgIpc) is 2.47. The number of aromatic hydroxyl groups is 1. The molecule has 0 bridgehead atoms. The highest BCUT2D eigenvalue weighted by molar-refractivity contribution is 5.95. The maximum atomic E-state index is 12.1. The lowest BCUT2D eigenvalue weighted by Crippen LogP contribution is -2.41. The first-order valence-electron chi connectivity index (χ1n) is 6.32. The number of phenolic OH excluding ortho intramolecular Hbond substituents is 1. The standard InChI is InChI=1S/C15H14N2O3/c18-11-5-3-4-10(8-11)17-15(19)14-9-16-12-6-1-2-7-13(12)20-14/h1-8,14,16,18H,9H2,(H,17,19). The van der Waals surface area contributed by atoms with Crippen molar-refractivity contribution in [3.63, 3.8) is 0 Å². The maximum Gasteiger partial charge on any atom is 0.267 e. The number of rotatable bonds is 2. The highest BCUT2D eigenvalue weighted by atomic mass is 16.5. The summed E-state index contributed by atoms with van der Waals surface area (Å²) in [6, 6.07) is 13.9. The van der Waals surface area contributed by atoms with Crippen molar-refractivity contribution in [1.82, 2.24) is 0 Å². The van der Waals surface area contributed by atoms with Gasteiger partial charge in [-0.3, -0.25) is 4.79 Å². The fourth-order valence-corrected chi connectivity index (χ4v) is 2.07. The van der Waals surface area contributed by atoms with Crippen LogP contribution in [0, 0.1) is 0 Å². The van der Waals surface area contributed by atoms with E-state index in [2.05, 4.69) is 10.6 Å². The fourth-order valence-electron chi connectivity index (χ4n) is 2.07. The summed E-state index contributed by atoms with van der Waals surface area (Å²) in [7, 11) is 0. The number of para-hydroxylation sites is 2. The maximum absolute atomic E-state index is 12.1. The number of fused-ring (bicyclic) bond motifs is 1. The van der Waals surface area contributed by atoms with Gasteiger partial charge in [-0.25, -0.2) is 0 Å². The van der Waals surface area contributed by atoms with E-state index in [-0.39, 0.29) is 11.7 Å². The highest BCUT2D eigenvalue weighted by Gasteiger charge is 2.25. The second kappa shape index (κ2) is 5.13. The SMILES string of the molecule is O=C(Nc1cccc(O)c1)C1CNc2ccccc2O1. The molecule has 1 heterocycles. The van der Waals surface area contributed by atoms with Gasteiger partial charge in [0.1, 0.15) is 11.5 Å². The number of ether oxygens (including phenoxy) is 1. The van der Waals surface area contributed by atoms with Gasteiger partial charge in [0.2, 0.25) is 0 Å². The summed E-state index contributed by atoms with van der Waals surface area (Å²) in [5.41, 5.74) is 1.42. The van der Waals surface area contributed by atoms with E-state index in [0.29, 0.717) is 18.0 Å². The number of hydrogen-bond acceptors (Lipinski definition) is 4. The Hall–Kier alpha value is -2.69. The van der Waals surface area contributed by atoms with E-state index >= 15 is 0 Å². The van der Waals surface area contributed by atoms with Crippen LogP contribution in [0.1, 0.15) is 0 Å². The molecule has 20 heavy (non-hydrogen) atoms. The van der Waals surface area contributed by atoms with E-state index < -0.39 is 6.10 Å². The van der Waals surface area contributed by atoms with Crippen LogP contribution in [0.5, 0.6) is 11.5 Å². The molecule has 5 nitrogen and oxygen atoms in total. The van der Waals surface area contributed by atoms with Crippen molar-refractivity contribution in [1.29, 1.82) is 0 Å². The van der Waals surface area contributed by atoms with Crippen LogP contribution in [0.15, 0.2) is 48.5 Å².